The van der Waals surface area contributed by atoms with Crippen molar-refractivity contribution in [2.75, 3.05) is 0 Å². The molecule has 0 nitrogen and oxygen atoms in total. The topological polar surface area (TPSA) is 0 Å². The predicted molar refractivity (Wildman–Crippen MR) is 103 cm³/mol. The van der Waals surface area contributed by atoms with Crippen LogP contribution in [0.3, 0.4) is 0 Å². The van der Waals surface area contributed by atoms with Gasteiger partial charge in [0.15, 0.2) is 0 Å². The molecule has 0 aromatic heterocycles. The standard InChI is InChI=1S/C22H28B.Li.H/c1-3-11-19(12-4-1)23(21-15-7-8-16-21,22-17-9-10-18-22)20-13-5-2-6-14-20;;/h1-6,11-14,21-22H,7-10,15-18H2;;/q-1;+1;-1. The molecule has 24 heavy (non-hydrogen) atoms. The van der Waals surface area contributed by atoms with E-state index in [1.165, 1.54) is 51.4 Å². The van der Waals surface area contributed by atoms with E-state index in [1.54, 1.807) is 10.9 Å². The molecule has 0 bridgehead atoms. The zero-order chi connectivity index (χ0) is 15.5. The van der Waals surface area contributed by atoms with Crippen LogP contribution in [0.25, 0.3) is 0 Å². The van der Waals surface area contributed by atoms with Crippen LogP contribution >= 0.6 is 0 Å². The Morgan fingerprint density at radius 2 is 0.917 bits per heavy atom. The molecule has 2 saturated carbocycles. The monoisotopic (exact) mass is 311 g/mol. The normalized spacial score (nSPS) is 19.3. The number of benzene rings is 2. The van der Waals surface area contributed by atoms with Gasteiger partial charge in [-0.1, -0.05) is 112 Å². The Labute approximate surface area is 161 Å². The quantitative estimate of drug-likeness (QED) is 0.760. The zero-order valence-electron chi connectivity index (χ0n) is 16.2. The fraction of sp³-hybridized carbons (Fsp3) is 0.455. The summed E-state index contributed by atoms with van der Waals surface area (Å²) >= 11 is 0. The van der Waals surface area contributed by atoms with E-state index in [4.69, 9.17) is 0 Å². The second kappa shape index (κ2) is 7.99. The molecule has 2 aliphatic rings. The first-order valence-corrected chi connectivity index (χ1v) is 9.70. The summed E-state index contributed by atoms with van der Waals surface area (Å²) in [4.78, 5) is 0. The second-order valence-corrected chi connectivity index (χ2v) is 7.91. The maximum Gasteiger partial charge on any atom is 1.00 e. The molecule has 0 N–H and O–H groups in total. The first kappa shape index (κ1) is 17.9. The van der Waals surface area contributed by atoms with Gasteiger partial charge in [0.1, 0.15) is 0 Å². The van der Waals surface area contributed by atoms with Crippen LogP contribution in [0.1, 0.15) is 52.8 Å². The summed E-state index contributed by atoms with van der Waals surface area (Å²) in [6.07, 6.45) is 10.8. The Kier molecular flexibility index (Phi) is 5.96. The van der Waals surface area contributed by atoms with Gasteiger partial charge in [0.2, 0.25) is 0 Å². The minimum absolute atomic E-state index is 0. The third-order valence-corrected chi connectivity index (χ3v) is 6.99. The van der Waals surface area contributed by atoms with Crippen molar-refractivity contribution in [3.05, 3.63) is 60.7 Å². The largest absolute Gasteiger partial charge is 1.00 e. The summed E-state index contributed by atoms with van der Waals surface area (Å²) in [7, 11) is 0. The maximum absolute atomic E-state index is 2.43. The fourth-order valence-corrected chi connectivity index (χ4v) is 6.18. The molecule has 0 saturated heterocycles. The molecule has 0 radical (unpaired) electrons. The van der Waals surface area contributed by atoms with Crippen LogP contribution in [0, 0.1) is 0 Å². The molecular formula is C22H29BLi-. The molecular weight excluding hydrogens is 282 g/mol. The third kappa shape index (κ3) is 3.02. The predicted octanol–water partition coefficient (Wildman–Crippen LogP) is 2.25. The van der Waals surface area contributed by atoms with Crippen molar-refractivity contribution in [3.8, 4) is 0 Å². The van der Waals surface area contributed by atoms with E-state index in [0.717, 1.165) is 11.6 Å². The molecule has 0 atom stereocenters. The fourth-order valence-electron chi connectivity index (χ4n) is 6.18. The molecule has 0 unspecified atom stereocenters. The minimum atomic E-state index is -0.622. The van der Waals surface area contributed by atoms with Crippen LogP contribution < -0.4 is 29.8 Å². The van der Waals surface area contributed by atoms with Gasteiger partial charge >= 0.3 is 18.9 Å². The van der Waals surface area contributed by atoms with Crippen molar-refractivity contribution in [2.24, 2.45) is 0 Å². The van der Waals surface area contributed by atoms with Gasteiger partial charge in [-0.05, 0) is 0 Å². The van der Waals surface area contributed by atoms with Crippen LogP contribution in [-0.4, -0.2) is 6.15 Å². The summed E-state index contributed by atoms with van der Waals surface area (Å²) in [5.41, 5.74) is 3.27. The van der Waals surface area contributed by atoms with E-state index in [0.29, 0.717) is 0 Å². The average Bonchev–Trinajstić information content (AvgIpc) is 3.32. The van der Waals surface area contributed by atoms with Gasteiger partial charge in [-0.3, -0.25) is 0 Å². The van der Waals surface area contributed by atoms with Crippen molar-refractivity contribution in [1.29, 1.82) is 0 Å². The summed E-state index contributed by atoms with van der Waals surface area (Å²) < 4.78 is 0. The SMILES string of the molecule is [H-].[Li+].c1ccc([B-](c2ccccc2)(C2CCCC2)C2CCCC2)cc1. The minimum Gasteiger partial charge on any atom is -1.00 e. The summed E-state index contributed by atoms with van der Waals surface area (Å²) in [6, 6.07) is 23.1. The molecule has 0 amide bonds. The molecule has 4 rings (SSSR count). The van der Waals surface area contributed by atoms with Crippen molar-refractivity contribution < 1.29 is 20.3 Å². The number of rotatable bonds is 4. The maximum atomic E-state index is 2.43. The Morgan fingerprint density at radius 3 is 1.25 bits per heavy atom. The van der Waals surface area contributed by atoms with Crippen LogP contribution in [0.15, 0.2) is 60.7 Å². The van der Waals surface area contributed by atoms with Crippen molar-refractivity contribution >= 4 is 17.1 Å². The van der Waals surface area contributed by atoms with Gasteiger partial charge < -0.3 is 1.43 Å². The second-order valence-electron chi connectivity index (χ2n) is 7.91. The van der Waals surface area contributed by atoms with E-state index in [2.05, 4.69) is 60.7 Å². The van der Waals surface area contributed by atoms with E-state index >= 15 is 0 Å². The van der Waals surface area contributed by atoms with E-state index < -0.39 is 6.15 Å². The summed E-state index contributed by atoms with van der Waals surface area (Å²) in [6.45, 7) is 0. The van der Waals surface area contributed by atoms with Crippen LogP contribution in [0.5, 0.6) is 0 Å². The molecule has 0 spiro atoms. The van der Waals surface area contributed by atoms with Gasteiger partial charge in [0, 0.05) is 0 Å². The molecule has 2 heteroatoms. The smallest absolute Gasteiger partial charge is 1.00 e. The van der Waals surface area contributed by atoms with Crippen LogP contribution in [-0.2, 0) is 0 Å². The Bertz CT molecular complexity index is 561. The van der Waals surface area contributed by atoms with E-state index in [9.17, 15) is 0 Å². The molecule has 2 aliphatic carbocycles. The van der Waals surface area contributed by atoms with Crippen molar-refractivity contribution in [2.45, 2.75) is 63.0 Å². The van der Waals surface area contributed by atoms with Crippen LogP contribution in [0.2, 0.25) is 11.6 Å². The van der Waals surface area contributed by atoms with Gasteiger partial charge in [-0.2, -0.15) is 11.6 Å². The van der Waals surface area contributed by atoms with E-state index in [-0.39, 0.29) is 20.3 Å². The molecule has 0 aliphatic heterocycles. The first-order chi connectivity index (χ1) is 11.4. The van der Waals surface area contributed by atoms with Gasteiger partial charge in [0.25, 0.3) is 0 Å². The Morgan fingerprint density at radius 1 is 0.583 bits per heavy atom. The first-order valence-electron chi connectivity index (χ1n) is 9.70. The van der Waals surface area contributed by atoms with Crippen LogP contribution in [0.4, 0.5) is 0 Å². The molecule has 0 heterocycles. The Balaban J connectivity index is 0.00000113. The van der Waals surface area contributed by atoms with Gasteiger partial charge in [-0.15, -0.1) is 0 Å². The molecule has 2 aromatic carbocycles. The molecule has 2 fully saturated rings. The number of hydrogen-bond acceptors (Lipinski definition) is 0. The zero-order valence-corrected chi connectivity index (χ0v) is 15.2. The number of hydrogen-bond donors (Lipinski definition) is 0. The summed E-state index contributed by atoms with van der Waals surface area (Å²) in [5.74, 6) is 1.76. The molecule has 2 aromatic rings. The third-order valence-electron chi connectivity index (χ3n) is 6.99. The molecule has 122 valence electrons. The van der Waals surface area contributed by atoms with E-state index in [1.807, 2.05) is 0 Å². The summed E-state index contributed by atoms with van der Waals surface area (Å²) in [5, 5.41) is 0. The van der Waals surface area contributed by atoms with Crippen molar-refractivity contribution in [1.82, 2.24) is 0 Å². The average molecular weight is 311 g/mol. The van der Waals surface area contributed by atoms with Gasteiger partial charge in [0.05, 0.1) is 6.15 Å². The van der Waals surface area contributed by atoms with Gasteiger partial charge in [-0.25, -0.2) is 10.9 Å². The Hall–Kier alpha value is -0.898. The van der Waals surface area contributed by atoms with Crippen molar-refractivity contribution in [3.63, 3.8) is 0 Å².